The van der Waals surface area contributed by atoms with Crippen LogP contribution < -0.4 is 0 Å². The first-order chi connectivity index (χ1) is 23.8. The summed E-state index contributed by atoms with van der Waals surface area (Å²) in [5.74, 6) is 0. The molecule has 0 saturated heterocycles. The molecule has 0 fully saturated rings. The lowest BCUT2D eigenvalue weighted by Gasteiger charge is -2.15. The van der Waals surface area contributed by atoms with Crippen molar-refractivity contribution in [2.45, 2.75) is 0 Å². The molecule has 4 nitrogen and oxygen atoms in total. The van der Waals surface area contributed by atoms with E-state index in [1.54, 1.807) is 0 Å². The number of hydrogen-bond donors (Lipinski definition) is 0. The van der Waals surface area contributed by atoms with E-state index < -0.39 is 0 Å². The molecule has 48 heavy (non-hydrogen) atoms. The summed E-state index contributed by atoms with van der Waals surface area (Å²) < 4.78 is 0. The molecule has 5 aromatic carbocycles. The van der Waals surface area contributed by atoms with Gasteiger partial charge in [-0.2, -0.15) is 0 Å². The van der Waals surface area contributed by atoms with Crippen molar-refractivity contribution in [1.82, 2.24) is 19.9 Å². The van der Waals surface area contributed by atoms with Crippen LogP contribution in [0.5, 0.6) is 0 Å². The molecule has 0 radical (unpaired) electrons. The Morgan fingerprint density at radius 3 is 1.56 bits per heavy atom. The van der Waals surface area contributed by atoms with Crippen LogP contribution >= 0.6 is 0 Å². The summed E-state index contributed by atoms with van der Waals surface area (Å²) in [6.07, 6.45) is 9.11. The second-order valence-corrected chi connectivity index (χ2v) is 11.9. The Bertz CT molecular complexity index is 2560. The molecule has 0 amide bonds. The van der Waals surface area contributed by atoms with Crippen LogP contribution in [0.3, 0.4) is 0 Å². The highest BCUT2D eigenvalue weighted by Crippen LogP contribution is 2.40. The summed E-state index contributed by atoms with van der Waals surface area (Å²) in [7, 11) is 0. The maximum Gasteiger partial charge on any atom is 0.0780 e. The van der Waals surface area contributed by atoms with E-state index in [0.717, 1.165) is 44.5 Å². The molecule has 9 rings (SSSR count). The van der Waals surface area contributed by atoms with Gasteiger partial charge in [-0.1, -0.05) is 91.0 Å². The van der Waals surface area contributed by atoms with Gasteiger partial charge >= 0.3 is 0 Å². The number of nitrogens with zero attached hydrogens (tertiary/aromatic N) is 4. The van der Waals surface area contributed by atoms with Crippen LogP contribution in [0.2, 0.25) is 0 Å². The second-order valence-electron chi connectivity index (χ2n) is 11.9. The van der Waals surface area contributed by atoms with Crippen LogP contribution in [0.4, 0.5) is 0 Å². The first-order valence-electron chi connectivity index (χ1n) is 16.0. The quantitative estimate of drug-likeness (QED) is 0.181. The Kier molecular flexibility index (Phi) is 6.76. The van der Waals surface area contributed by atoms with Gasteiger partial charge in [-0.25, -0.2) is 4.98 Å². The van der Waals surface area contributed by atoms with E-state index in [1.807, 2.05) is 61.3 Å². The zero-order valence-electron chi connectivity index (χ0n) is 26.0. The van der Waals surface area contributed by atoms with Gasteiger partial charge in [0.25, 0.3) is 0 Å². The molecule has 4 heterocycles. The van der Waals surface area contributed by atoms with Crippen molar-refractivity contribution < 1.29 is 0 Å². The van der Waals surface area contributed by atoms with Gasteiger partial charge in [0, 0.05) is 52.9 Å². The van der Waals surface area contributed by atoms with Crippen LogP contribution in [0.15, 0.2) is 171 Å². The van der Waals surface area contributed by atoms with Crippen LogP contribution in [0, 0.1) is 0 Å². The molecular weight excluding hydrogens is 585 g/mol. The lowest BCUT2D eigenvalue weighted by atomic mass is 9.89. The Morgan fingerprint density at radius 2 is 0.896 bits per heavy atom. The maximum atomic E-state index is 5.06. The summed E-state index contributed by atoms with van der Waals surface area (Å²) in [5, 5.41) is 5.91. The number of fused-ring (bicyclic) bond motifs is 4. The van der Waals surface area contributed by atoms with Crippen molar-refractivity contribution in [2.24, 2.45) is 0 Å². The van der Waals surface area contributed by atoms with Gasteiger partial charge in [-0.3, -0.25) is 15.0 Å². The molecule has 0 atom stereocenters. The van der Waals surface area contributed by atoms with Crippen molar-refractivity contribution >= 4 is 32.4 Å². The Hall–Kier alpha value is -6.52. The lowest BCUT2D eigenvalue weighted by molar-refractivity contribution is 1.27. The average Bonchev–Trinajstić information content (AvgIpc) is 3.17. The molecule has 0 unspecified atom stereocenters. The average molecular weight is 613 g/mol. The van der Waals surface area contributed by atoms with Crippen LogP contribution in [0.25, 0.3) is 88.3 Å². The number of rotatable bonds is 5. The predicted molar refractivity (Wildman–Crippen MR) is 197 cm³/mol. The summed E-state index contributed by atoms with van der Waals surface area (Å²) in [5.41, 5.74) is 11.9. The Labute approximate surface area is 278 Å². The molecule has 9 aromatic rings. The topological polar surface area (TPSA) is 51.6 Å². The molecular formula is C44H28N4. The molecule has 0 bridgehead atoms. The van der Waals surface area contributed by atoms with Gasteiger partial charge in [0.1, 0.15) is 0 Å². The van der Waals surface area contributed by atoms with Gasteiger partial charge in [-0.15, -0.1) is 0 Å². The number of pyridine rings is 4. The highest BCUT2D eigenvalue weighted by atomic mass is 14.7. The highest BCUT2D eigenvalue weighted by molar-refractivity contribution is 6.11. The van der Waals surface area contributed by atoms with Gasteiger partial charge in [0.2, 0.25) is 0 Å². The molecule has 4 heteroatoms. The lowest BCUT2D eigenvalue weighted by Crippen LogP contribution is -1.93. The summed E-state index contributed by atoms with van der Waals surface area (Å²) in [4.78, 5) is 18.2. The normalized spacial score (nSPS) is 11.3. The highest BCUT2D eigenvalue weighted by Gasteiger charge is 2.15. The monoisotopic (exact) mass is 612 g/mol. The van der Waals surface area contributed by atoms with E-state index in [4.69, 9.17) is 9.97 Å². The van der Waals surface area contributed by atoms with Gasteiger partial charge in [0.05, 0.1) is 16.9 Å². The van der Waals surface area contributed by atoms with Crippen LogP contribution in [-0.4, -0.2) is 19.9 Å². The first kappa shape index (κ1) is 27.8. The minimum absolute atomic E-state index is 0.903. The number of aromatic nitrogens is 4. The van der Waals surface area contributed by atoms with Crippen LogP contribution in [0.1, 0.15) is 0 Å². The zero-order valence-corrected chi connectivity index (χ0v) is 26.0. The number of benzene rings is 5. The molecule has 0 aliphatic carbocycles. The van der Waals surface area contributed by atoms with Crippen molar-refractivity contribution in [2.75, 3.05) is 0 Å². The Balaban J connectivity index is 1.19. The minimum atomic E-state index is 0.903. The van der Waals surface area contributed by atoms with Crippen molar-refractivity contribution in [3.8, 4) is 55.9 Å². The summed E-state index contributed by atoms with van der Waals surface area (Å²) in [6, 6.07) is 49.5. The van der Waals surface area contributed by atoms with Gasteiger partial charge in [-0.05, 0) is 98.1 Å². The van der Waals surface area contributed by atoms with Crippen molar-refractivity contribution in [3.63, 3.8) is 0 Å². The first-order valence-corrected chi connectivity index (χ1v) is 16.0. The molecule has 0 spiro atoms. The van der Waals surface area contributed by atoms with E-state index in [9.17, 15) is 0 Å². The molecule has 4 aromatic heterocycles. The molecule has 224 valence electrons. The zero-order chi connectivity index (χ0) is 31.9. The minimum Gasteiger partial charge on any atom is -0.265 e. The van der Waals surface area contributed by atoms with E-state index in [1.165, 1.54) is 43.8 Å². The van der Waals surface area contributed by atoms with E-state index in [-0.39, 0.29) is 0 Å². The van der Waals surface area contributed by atoms with Crippen molar-refractivity contribution in [3.05, 3.63) is 171 Å². The van der Waals surface area contributed by atoms with E-state index in [2.05, 4.69) is 119 Å². The fourth-order valence-corrected chi connectivity index (χ4v) is 6.84. The third-order valence-electron chi connectivity index (χ3n) is 9.13. The predicted octanol–water partition coefficient (Wildman–Crippen LogP) is 11.1. The maximum absolute atomic E-state index is 5.06. The molecule has 0 aliphatic rings. The molecule has 0 aliphatic heterocycles. The van der Waals surface area contributed by atoms with Gasteiger partial charge in [0.15, 0.2) is 0 Å². The van der Waals surface area contributed by atoms with E-state index in [0.29, 0.717) is 0 Å². The second kappa shape index (κ2) is 11.7. The fourth-order valence-electron chi connectivity index (χ4n) is 6.84. The molecule has 0 N–H and O–H groups in total. The summed E-state index contributed by atoms with van der Waals surface area (Å²) in [6.45, 7) is 0. The van der Waals surface area contributed by atoms with Crippen LogP contribution in [-0.2, 0) is 0 Å². The largest absolute Gasteiger partial charge is 0.265 e. The summed E-state index contributed by atoms with van der Waals surface area (Å²) >= 11 is 0. The smallest absolute Gasteiger partial charge is 0.0780 e. The van der Waals surface area contributed by atoms with Gasteiger partial charge < -0.3 is 0 Å². The number of hydrogen-bond acceptors (Lipinski definition) is 4. The van der Waals surface area contributed by atoms with Crippen molar-refractivity contribution in [1.29, 1.82) is 0 Å². The fraction of sp³-hybridized carbons (Fsp3) is 0. The molecule has 0 saturated carbocycles. The third-order valence-corrected chi connectivity index (χ3v) is 9.13. The SMILES string of the molecule is c1cc(-c2ccc(-c3cc(-c4ccncc4)nc(-c4ccncc4)c3)c3ccccc23)cc(-c2cccc3c2ccc2cccnc23)c1. The Morgan fingerprint density at radius 1 is 0.333 bits per heavy atom. The third kappa shape index (κ3) is 4.88. The standard InChI is InChI=1S/C44H28N4/c1-2-10-39-37(34-27-42(29-17-22-45-23-18-29)48-43(28-34)30-19-24-46-25-20-30)16-15-36(38(39)9-1)33-7-3-6-32(26-33)35-11-4-12-41-40(35)14-13-31-8-5-21-47-44(31)41/h1-28H. The van der Waals surface area contributed by atoms with E-state index >= 15 is 0 Å².